The summed E-state index contributed by atoms with van der Waals surface area (Å²) in [4.78, 5) is 33.6. The lowest BCUT2D eigenvalue weighted by molar-refractivity contribution is -0.138. The zero-order chi connectivity index (χ0) is 16.6. The normalized spacial score (nSPS) is 29.8. The Bertz CT molecular complexity index is 630. The van der Waals surface area contributed by atoms with Gasteiger partial charge in [0, 0.05) is 32.4 Å². The highest BCUT2D eigenvalue weighted by Crippen LogP contribution is 2.41. The minimum absolute atomic E-state index is 0.0127. The fourth-order valence-corrected chi connectivity index (χ4v) is 4.16. The van der Waals surface area contributed by atoms with Crippen molar-refractivity contribution in [2.24, 2.45) is 11.3 Å². The molecule has 4 heterocycles. The maximum atomic E-state index is 13.0. The van der Waals surface area contributed by atoms with Crippen LogP contribution in [-0.2, 0) is 20.9 Å². The summed E-state index contributed by atoms with van der Waals surface area (Å²) in [6.07, 6.45) is 4.18. The van der Waals surface area contributed by atoms with Gasteiger partial charge in [-0.05, 0) is 31.4 Å². The molecule has 1 aromatic heterocycles. The van der Waals surface area contributed by atoms with Crippen molar-refractivity contribution in [2.45, 2.75) is 25.8 Å². The Morgan fingerprint density at radius 3 is 2.96 bits per heavy atom. The average Bonchev–Trinajstić information content (AvgIpc) is 3.34. The molecule has 0 aliphatic carbocycles. The fraction of sp³-hybridized carbons (Fsp3) is 0.611. The number of hydrogen-bond acceptors (Lipinski definition) is 4. The monoisotopic (exact) mass is 329 g/mol. The third-order valence-electron chi connectivity index (χ3n) is 5.62. The highest BCUT2D eigenvalue weighted by atomic mass is 16.5. The Morgan fingerprint density at radius 2 is 2.21 bits per heavy atom. The molecule has 3 fully saturated rings. The molecule has 3 saturated heterocycles. The molecule has 3 aliphatic heterocycles. The second-order valence-electron chi connectivity index (χ2n) is 7.15. The number of ether oxygens (including phenoxy) is 1. The van der Waals surface area contributed by atoms with Gasteiger partial charge in [0.25, 0.3) is 0 Å². The van der Waals surface area contributed by atoms with Crippen LogP contribution in [0.1, 0.15) is 25.0 Å². The summed E-state index contributed by atoms with van der Waals surface area (Å²) in [6, 6.07) is 5.77. The number of amides is 2. The molecular formula is C18H23N3O3. The third kappa shape index (κ3) is 2.69. The van der Waals surface area contributed by atoms with E-state index in [1.807, 2.05) is 28.0 Å². The lowest BCUT2D eigenvalue weighted by Gasteiger charge is -2.24. The van der Waals surface area contributed by atoms with Crippen molar-refractivity contribution in [3.05, 3.63) is 30.1 Å². The van der Waals surface area contributed by atoms with Crippen molar-refractivity contribution >= 4 is 11.8 Å². The predicted molar refractivity (Wildman–Crippen MR) is 86.8 cm³/mol. The van der Waals surface area contributed by atoms with E-state index in [9.17, 15) is 9.59 Å². The Labute approximate surface area is 141 Å². The first-order valence-electron chi connectivity index (χ1n) is 8.74. The SMILES string of the molecule is O=C(C1CCOC1)N1CCC2(CCN(Cc3ccccn3)C2=O)C1. The van der Waals surface area contributed by atoms with Crippen molar-refractivity contribution in [1.29, 1.82) is 0 Å². The summed E-state index contributed by atoms with van der Waals surface area (Å²) in [6.45, 7) is 3.78. The molecule has 3 aliphatic rings. The van der Waals surface area contributed by atoms with Gasteiger partial charge in [-0.25, -0.2) is 0 Å². The van der Waals surface area contributed by atoms with E-state index in [0.717, 1.165) is 31.5 Å². The molecule has 128 valence electrons. The molecule has 6 nitrogen and oxygen atoms in total. The molecule has 24 heavy (non-hydrogen) atoms. The van der Waals surface area contributed by atoms with Crippen molar-refractivity contribution in [3.8, 4) is 0 Å². The van der Waals surface area contributed by atoms with Crippen molar-refractivity contribution < 1.29 is 14.3 Å². The number of likely N-dealkylation sites (tertiary alicyclic amines) is 2. The number of nitrogens with zero attached hydrogens (tertiary/aromatic N) is 3. The molecular weight excluding hydrogens is 306 g/mol. The van der Waals surface area contributed by atoms with Crippen LogP contribution in [-0.4, -0.2) is 59.4 Å². The molecule has 0 radical (unpaired) electrons. The molecule has 4 rings (SSSR count). The number of pyridine rings is 1. The standard InChI is InChI=1S/C18H23N3O3/c22-16(14-4-10-24-12-14)21-9-6-18(13-21)5-8-20(17(18)23)11-15-3-1-2-7-19-15/h1-3,7,14H,4-6,8-13H2. The van der Waals surface area contributed by atoms with Crippen molar-refractivity contribution in [3.63, 3.8) is 0 Å². The van der Waals surface area contributed by atoms with E-state index in [1.165, 1.54) is 0 Å². The Hall–Kier alpha value is -1.95. The van der Waals surface area contributed by atoms with Gasteiger partial charge in [0.1, 0.15) is 0 Å². The summed E-state index contributed by atoms with van der Waals surface area (Å²) in [5.74, 6) is 0.341. The Balaban J connectivity index is 1.41. The molecule has 0 saturated carbocycles. The zero-order valence-corrected chi connectivity index (χ0v) is 13.8. The summed E-state index contributed by atoms with van der Waals surface area (Å²) < 4.78 is 5.33. The number of aromatic nitrogens is 1. The van der Waals surface area contributed by atoms with Crippen LogP contribution in [0, 0.1) is 11.3 Å². The number of carbonyl (C=O) groups is 2. The maximum Gasteiger partial charge on any atom is 0.231 e. The van der Waals surface area contributed by atoms with Gasteiger partial charge in [0.05, 0.1) is 30.2 Å². The van der Waals surface area contributed by atoms with Crippen LogP contribution >= 0.6 is 0 Å². The predicted octanol–water partition coefficient (Wildman–Crippen LogP) is 1.07. The van der Waals surface area contributed by atoms with Gasteiger partial charge >= 0.3 is 0 Å². The number of carbonyl (C=O) groups excluding carboxylic acids is 2. The second-order valence-corrected chi connectivity index (χ2v) is 7.15. The fourth-order valence-electron chi connectivity index (χ4n) is 4.16. The first kappa shape index (κ1) is 15.6. The van der Waals surface area contributed by atoms with E-state index < -0.39 is 0 Å². The van der Waals surface area contributed by atoms with Gasteiger partial charge in [-0.1, -0.05) is 6.07 Å². The van der Waals surface area contributed by atoms with E-state index in [-0.39, 0.29) is 23.1 Å². The zero-order valence-electron chi connectivity index (χ0n) is 13.8. The van der Waals surface area contributed by atoms with Gasteiger partial charge in [-0.2, -0.15) is 0 Å². The van der Waals surface area contributed by atoms with Gasteiger partial charge in [0.2, 0.25) is 11.8 Å². The molecule has 1 aromatic rings. The molecule has 2 unspecified atom stereocenters. The molecule has 0 bridgehead atoms. The van der Waals surface area contributed by atoms with Gasteiger partial charge in [0.15, 0.2) is 0 Å². The van der Waals surface area contributed by atoms with E-state index in [0.29, 0.717) is 32.8 Å². The third-order valence-corrected chi connectivity index (χ3v) is 5.62. The van der Waals surface area contributed by atoms with Crippen molar-refractivity contribution in [1.82, 2.24) is 14.8 Å². The van der Waals surface area contributed by atoms with E-state index in [1.54, 1.807) is 6.20 Å². The van der Waals surface area contributed by atoms with Crippen LogP contribution in [0.5, 0.6) is 0 Å². The second kappa shape index (κ2) is 6.16. The lowest BCUT2D eigenvalue weighted by Crippen LogP contribution is -2.40. The molecule has 2 atom stereocenters. The topological polar surface area (TPSA) is 62.7 Å². The quantitative estimate of drug-likeness (QED) is 0.832. The summed E-state index contributed by atoms with van der Waals surface area (Å²) >= 11 is 0. The van der Waals surface area contributed by atoms with Crippen molar-refractivity contribution in [2.75, 3.05) is 32.8 Å². The molecule has 2 amide bonds. The lowest BCUT2D eigenvalue weighted by atomic mass is 9.85. The van der Waals surface area contributed by atoms with E-state index >= 15 is 0 Å². The number of hydrogen-bond donors (Lipinski definition) is 0. The largest absolute Gasteiger partial charge is 0.381 e. The smallest absolute Gasteiger partial charge is 0.231 e. The van der Waals surface area contributed by atoms with Crippen LogP contribution < -0.4 is 0 Å². The molecule has 6 heteroatoms. The minimum atomic E-state index is -0.371. The van der Waals surface area contributed by atoms with Crippen LogP contribution in [0.15, 0.2) is 24.4 Å². The van der Waals surface area contributed by atoms with E-state index in [4.69, 9.17) is 4.74 Å². The molecule has 0 aromatic carbocycles. The first-order valence-corrected chi connectivity index (χ1v) is 8.74. The van der Waals surface area contributed by atoms with E-state index in [2.05, 4.69) is 4.98 Å². The van der Waals surface area contributed by atoms with Crippen LogP contribution in [0.4, 0.5) is 0 Å². The minimum Gasteiger partial charge on any atom is -0.381 e. The van der Waals surface area contributed by atoms with Gasteiger partial charge < -0.3 is 14.5 Å². The first-order chi connectivity index (χ1) is 11.7. The summed E-state index contributed by atoms with van der Waals surface area (Å²) in [7, 11) is 0. The maximum absolute atomic E-state index is 13.0. The van der Waals surface area contributed by atoms with Gasteiger partial charge in [-0.15, -0.1) is 0 Å². The highest BCUT2D eigenvalue weighted by molar-refractivity contribution is 5.87. The molecule has 1 spiro atoms. The van der Waals surface area contributed by atoms with Crippen LogP contribution in [0.3, 0.4) is 0 Å². The summed E-state index contributed by atoms with van der Waals surface area (Å²) in [5.41, 5.74) is 0.543. The molecule has 0 N–H and O–H groups in total. The van der Waals surface area contributed by atoms with Crippen LogP contribution in [0.25, 0.3) is 0 Å². The van der Waals surface area contributed by atoms with Gasteiger partial charge in [-0.3, -0.25) is 14.6 Å². The Kier molecular flexibility index (Phi) is 4.00. The Morgan fingerprint density at radius 1 is 1.33 bits per heavy atom. The highest BCUT2D eigenvalue weighted by Gasteiger charge is 2.52. The number of rotatable bonds is 3. The van der Waals surface area contributed by atoms with Crippen LogP contribution in [0.2, 0.25) is 0 Å². The average molecular weight is 329 g/mol. The summed E-state index contributed by atoms with van der Waals surface area (Å²) in [5, 5.41) is 0.